The minimum atomic E-state index is -0.145. The molecule has 0 aliphatic carbocycles. The highest BCUT2D eigenvalue weighted by Gasteiger charge is 2.13. The number of anilines is 1. The zero-order valence-electron chi connectivity index (χ0n) is 15.0. The summed E-state index contributed by atoms with van der Waals surface area (Å²) < 4.78 is 2.79. The maximum atomic E-state index is 12.7. The predicted molar refractivity (Wildman–Crippen MR) is 112 cm³/mol. The fourth-order valence-electron chi connectivity index (χ4n) is 3.04. The summed E-state index contributed by atoms with van der Waals surface area (Å²) >= 11 is 3.43. The third kappa shape index (κ3) is 3.38. The van der Waals surface area contributed by atoms with Gasteiger partial charge in [-0.1, -0.05) is 30.3 Å². The Morgan fingerprint density at radius 3 is 2.63 bits per heavy atom. The lowest BCUT2D eigenvalue weighted by Gasteiger charge is -2.11. The van der Waals surface area contributed by atoms with Crippen LogP contribution in [0, 0.1) is 13.8 Å². The summed E-state index contributed by atoms with van der Waals surface area (Å²) in [6, 6.07) is 17.4. The molecule has 0 unspecified atom stereocenters. The molecule has 134 valence electrons. The van der Waals surface area contributed by atoms with Gasteiger partial charge in [0.05, 0.1) is 11.3 Å². The number of imidazole rings is 1. The number of hydrogen-bond acceptors (Lipinski definition) is 2. The number of benzene rings is 2. The fraction of sp³-hybridized carbons (Fsp3) is 0.0909. The number of amides is 1. The van der Waals surface area contributed by atoms with Gasteiger partial charge in [0.1, 0.15) is 5.65 Å². The van der Waals surface area contributed by atoms with E-state index in [9.17, 15) is 4.79 Å². The zero-order valence-corrected chi connectivity index (χ0v) is 16.6. The van der Waals surface area contributed by atoms with Gasteiger partial charge in [-0.2, -0.15) is 0 Å². The van der Waals surface area contributed by atoms with Crippen molar-refractivity contribution < 1.29 is 4.79 Å². The molecule has 0 fully saturated rings. The highest BCUT2D eigenvalue weighted by atomic mass is 79.9. The average Bonchev–Trinajstić information content (AvgIpc) is 3.09. The van der Waals surface area contributed by atoms with Crippen LogP contribution >= 0.6 is 15.9 Å². The van der Waals surface area contributed by atoms with Gasteiger partial charge in [0.25, 0.3) is 5.91 Å². The lowest BCUT2D eigenvalue weighted by atomic mass is 10.1. The van der Waals surface area contributed by atoms with Crippen LogP contribution < -0.4 is 5.32 Å². The minimum Gasteiger partial charge on any atom is -0.322 e. The summed E-state index contributed by atoms with van der Waals surface area (Å²) in [5, 5.41) is 3.02. The lowest BCUT2D eigenvalue weighted by molar-refractivity contribution is 0.102. The van der Waals surface area contributed by atoms with Crippen LogP contribution in [0.15, 0.2) is 71.5 Å². The van der Waals surface area contributed by atoms with Gasteiger partial charge in [-0.25, -0.2) is 4.98 Å². The van der Waals surface area contributed by atoms with Crippen molar-refractivity contribution in [2.24, 2.45) is 0 Å². The molecule has 1 amide bonds. The van der Waals surface area contributed by atoms with E-state index in [0.717, 1.165) is 38.2 Å². The number of nitrogens with one attached hydrogen (secondary N) is 1. The molecule has 5 heteroatoms. The Labute approximate surface area is 166 Å². The number of fused-ring (bicyclic) bond motifs is 1. The number of nitrogens with zero attached hydrogens (tertiary/aromatic N) is 2. The Morgan fingerprint density at radius 2 is 1.85 bits per heavy atom. The van der Waals surface area contributed by atoms with Crippen molar-refractivity contribution in [2.45, 2.75) is 13.8 Å². The van der Waals surface area contributed by atoms with E-state index in [2.05, 4.69) is 21.2 Å². The molecule has 0 saturated carbocycles. The van der Waals surface area contributed by atoms with E-state index < -0.39 is 0 Å². The zero-order chi connectivity index (χ0) is 19.0. The molecule has 0 aliphatic rings. The fourth-order valence-corrected chi connectivity index (χ4v) is 3.51. The quantitative estimate of drug-likeness (QED) is 0.467. The molecule has 0 aliphatic heterocycles. The molecular weight excluding hydrogens is 402 g/mol. The van der Waals surface area contributed by atoms with Crippen LogP contribution in [-0.4, -0.2) is 15.3 Å². The van der Waals surface area contributed by atoms with Crippen LogP contribution in [0.2, 0.25) is 0 Å². The molecule has 0 saturated heterocycles. The Morgan fingerprint density at radius 1 is 1.04 bits per heavy atom. The third-order valence-corrected chi connectivity index (χ3v) is 5.27. The molecule has 0 spiro atoms. The number of aromatic nitrogens is 2. The van der Waals surface area contributed by atoms with Gasteiger partial charge < -0.3 is 9.72 Å². The first-order valence-corrected chi connectivity index (χ1v) is 9.43. The second-order valence-electron chi connectivity index (χ2n) is 6.51. The van der Waals surface area contributed by atoms with Crippen molar-refractivity contribution in [1.29, 1.82) is 0 Å². The molecule has 4 nitrogen and oxygen atoms in total. The van der Waals surface area contributed by atoms with E-state index in [0.29, 0.717) is 5.56 Å². The Balaban J connectivity index is 1.70. The van der Waals surface area contributed by atoms with Gasteiger partial charge in [-0.3, -0.25) is 4.79 Å². The molecule has 2 aromatic carbocycles. The number of aryl methyl sites for hydroxylation is 2. The van der Waals surface area contributed by atoms with E-state index in [1.165, 1.54) is 0 Å². The van der Waals surface area contributed by atoms with E-state index in [1.807, 2.05) is 79.2 Å². The largest absolute Gasteiger partial charge is 0.322 e. The Hall–Kier alpha value is -2.92. The summed E-state index contributed by atoms with van der Waals surface area (Å²) in [5.74, 6) is -0.145. The topological polar surface area (TPSA) is 46.4 Å². The summed E-state index contributed by atoms with van der Waals surface area (Å²) in [5.41, 5.74) is 6.28. The van der Waals surface area contributed by atoms with E-state index in [-0.39, 0.29) is 5.91 Å². The SMILES string of the molecule is Cc1ccc(-c2cn3cccc(C)c3n2)cc1NC(=O)c1ccccc1Br. The van der Waals surface area contributed by atoms with Crippen molar-refractivity contribution in [3.63, 3.8) is 0 Å². The summed E-state index contributed by atoms with van der Waals surface area (Å²) in [6.07, 6.45) is 4.00. The van der Waals surface area contributed by atoms with Crippen LogP contribution in [0.3, 0.4) is 0 Å². The molecule has 0 radical (unpaired) electrons. The number of rotatable bonds is 3. The van der Waals surface area contributed by atoms with Crippen LogP contribution in [0.4, 0.5) is 5.69 Å². The average molecular weight is 420 g/mol. The highest BCUT2D eigenvalue weighted by Crippen LogP contribution is 2.27. The first kappa shape index (κ1) is 17.5. The molecule has 4 rings (SSSR count). The molecule has 1 N–H and O–H groups in total. The highest BCUT2D eigenvalue weighted by molar-refractivity contribution is 9.10. The van der Waals surface area contributed by atoms with Crippen molar-refractivity contribution in [1.82, 2.24) is 9.38 Å². The summed E-state index contributed by atoms with van der Waals surface area (Å²) in [6.45, 7) is 4.03. The lowest BCUT2D eigenvalue weighted by Crippen LogP contribution is -2.13. The minimum absolute atomic E-state index is 0.145. The first-order chi connectivity index (χ1) is 13.0. The van der Waals surface area contributed by atoms with E-state index in [4.69, 9.17) is 4.98 Å². The van der Waals surface area contributed by atoms with Gasteiger partial charge in [0.2, 0.25) is 0 Å². The summed E-state index contributed by atoms with van der Waals surface area (Å²) in [4.78, 5) is 17.4. The van der Waals surface area contributed by atoms with Crippen LogP contribution in [0.5, 0.6) is 0 Å². The van der Waals surface area contributed by atoms with Crippen LogP contribution in [0.25, 0.3) is 16.9 Å². The molecule has 27 heavy (non-hydrogen) atoms. The van der Waals surface area contributed by atoms with Crippen LogP contribution in [-0.2, 0) is 0 Å². The van der Waals surface area contributed by atoms with Crippen LogP contribution in [0.1, 0.15) is 21.5 Å². The maximum absolute atomic E-state index is 12.7. The summed E-state index contributed by atoms with van der Waals surface area (Å²) in [7, 11) is 0. The van der Waals surface area contributed by atoms with Gasteiger partial charge in [0.15, 0.2) is 0 Å². The van der Waals surface area contributed by atoms with E-state index in [1.54, 1.807) is 6.07 Å². The van der Waals surface area contributed by atoms with Crippen molar-refractivity contribution in [3.05, 3.63) is 88.2 Å². The molecule has 2 aromatic heterocycles. The van der Waals surface area contributed by atoms with Gasteiger partial charge in [0, 0.05) is 28.1 Å². The monoisotopic (exact) mass is 419 g/mol. The standard InChI is InChI=1S/C22H18BrN3O/c1-14-9-10-16(20-13-26-11-5-6-15(2)21(26)24-20)12-19(14)25-22(27)17-7-3-4-8-18(17)23/h3-13H,1-2H3,(H,25,27). The number of halogens is 1. The molecular formula is C22H18BrN3O. The van der Waals surface area contributed by atoms with Gasteiger partial charge >= 0.3 is 0 Å². The number of carbonyl (C=O) groups excluding carboxylic acids is 1. The Bertz CT molecular complexity index is 1160. The van der Waals surface area contributed by atoms with E-state index >= 15 is 0 Å². The van der Waals surface area contributed by atoms with Crippen molar-refractivity contribution >= 4 is 33.2 Å². The van der Waals surface area contributed by atoms with Gasteiger partial charge in [-0.05, 0) is 65.2 Å². The first-order valence-electron chi connectivity index (χ1n) is 8.64. The molecule has 2 heterocycles. The predicted octanol–water partition coefficient (Wildman–Crippen LogP) is 5.63. The van der Waals surface area contributed by atoms with Crippen molar-refractivity contribution in [2.75, 3.05) is 5.32 Å². The smallest absolute Gasteiger partial charge is 0.256 e. The normalized spacial score (nSPS) is 10.9. The second kappa shape index (κ2) is 7.00. The van der Waals surface area contributed by atoms with Gasteiger partial charge in [-0.15, -0.1) is 0 Å². The maximum Gasteiger partial charge on any atom is 0.256 e. The molecule has 0 bridgehead atoms. The van der Waals surface area contributed by atoms with Crippen molar-refractivity contribution in [3.8, 4) is 11.3 Å². The number of carbonyl (C=O) groups is 1. The second-order valence-corrected chi connectivity index (χ2v) is 7.37. The number of hydrogen-bond donors (Lipinski definition) is 1. The Kier molecular flexibility index (Phi) is 4.54. The third-order valence-electron chi connectivity index (χ3n) is 4.58. The molecule has 0 atom stereocenters. The molecule has 4 aromatic rings. The number of pyridine rings is 1.